The maximum absolute atomic E-state index is 14.2. The molecule has 0 aromatic heterocycles. The van der Waals surface area contributed by atoms with Crippen molar-refractivity contribution in [3.05, 3.63) is 25.3 Å². The molecule has 1 N–H and O–H groups in total. The fourth-order valence-electron chi connectivity index (χ4n) is 6.47. The number of thioether (sulfide) groups is 1. The van der Waals surface area contributed by atoms with Gasteiger partial charge in [0.15, 0.2) is 0 Å². The third-order valence-electron chi connectivity index (χ3n) is 8.27. The minimum atomic E-state index is -0.709. The number of fused-ring (bicyclic) bond motifs is 1. The summed E-state index contributed by atoms with van der Waals surface area (Å²) < 4.78 is 4.52. The van der Waals surface area contributed by atoms with E-state index >= 15 is 0 Å². The lowest BCUT2D eigenvalue weighted by atomic mass is 9.66. The van der Waals surface area contributed by atoms with Crippen LogP contribution < -0.4 is 0 Å². The number of amides is 2. The number of ether oxygens (including phenoxy) is 1. The first kappa shape index (κ1) is 28.8. The van der Waals surface area contributed by atoms with Gasteiger partial charge in [-0.2, -0.15) is 0 Å². The van der Waals surface area contributed by atoms with E-state index in [9.17, 15) is 19.5 Å². The first-order valence-electron chi connectivity index (χ1n) is 13.6. The van der Waals surface area contributed by atoms with E-state index in [0.29, 0.717) is 39.0 Å². The predicted molar refractivity (Wildman–Crippen MR) is 143 cm³/mol. The van der Waals surface area contributed by atoms with Crippen molar-refractivity contribution in [2.45, 2.75) is 93.7 Å². The molecular weight excluding hydrogens is 476 g/mol. The van der Waals surface area contributed by atoms with Crippen molar-refractivity contribution in [1.82, 2.24) is 9.80 Å². The molecule has 7 nitrogen and oxygen atoms in total. The number of nitrogens with zero attached hydrogens (tertiary/aromatic N) is 2. The Morgan fingerprint density at radius 2 is 2.00 bits per heavy atom. The number of aliphatic hydroxyl groups excluding tert-OH is 1. The highest BCUT2D eigenvalue weighted by atomic mass is 32.2. The van der Waals surface area contributed by atoms with Crippen LogP contribution >= 0.6 is 11.8 Å². The number of hydrogen-bond acceptors (Lipinski definition) is 6. The molecule has 3 aliphatic rings. The number of esters is 1. The van der Waals surface area contributed by atoms with Gasteiger partial charge in [0.2, 0.25) is 11.8 Å². The molecule has 2 bridgehead atoms. The standard InChI is InChI=1S/C28H44N2O5S/c1-6-10-12-17-29(16-8-3)25(33)23-28-15-14-27(5,36-28)22(26(34)35-18-13-11-7-2)21(28)24(32)30(23)20(9-4)19-31/h7-8,20-23,31H,2-3,6,9-19H2,1,4-5H3/t20-,21-,22+,23?,27-,28?/m0/s1. The zero-order valence-corrected chi connectivity index (χ0v) is 23.1. The van der Waals surface area contributed by atoms with Crippen molar-refractivity contribution >= 4 is 29.5 Å². The second kappa shape index (κ2) is 12.2. The van der Waals surface area contributed by atoms with Crippen LogP contribution in [0.15, 0.2) is 25.3 Å². The molecule has 0 radical (unpaired) electrons. The Bertz CT molecular complexity index is 846. The molecular formula is C28H44N2O5S. The largest absolute Gasteiger partial charge is 0.465 e. The van der Waals surface area contributed by atoms with Gasteiger partial charge in [0.05, 0.1) is 35.8 Å². The van der Waals surface area contributed by atoms with Gasteiger partial charge in [-0.25, -0.2) is 0 Å². The molecule has 0 aliphatic carbocycles. The monoisotopic (exact) mass is 520 g/mol. The third kappa shape index (κ3) is 5.00. The highest BCUT2D eigenvalue weighted by Crippen LogP contribution is 2.71. The number of rotatable bonds is 15. The number of carbonyl (C=O) groups is 3. The number of aliphatic hydroxyl groups is 1. The van der Waals surface area contributed by atoms with Gasteiger partial charge < -0.3 is 19.6 Å². The van der Waals surface area contributed by atoms with E-state index in [4.69, 9.17) is 4.74 Å². The summed E-state index contributed by atoms with van der Waals surface area (Å²) in [6.07, 6.45) is 9.89. The molecule has 3 saturated heterocycles. The van der Waals surface area contributed by atoms with Crippen LogP contribution in [-0.4, -0.2) is 80.6 Å². The molecule has 6 atom stereocenters. The summed E-state index contributed by atoms with van der Waals surface area (Å²) >= 11 is 1.64. The second-order valence-corrected chi connectivity index (χ2v) is 12.5. The van der Waals surface area contributed by atoms with E-state index in [-0.39, 0.29) is 24.4 Å². The summed E-state index contributed by atoms with van der Waals surface area (Å²) in [7, 11) is 0. The van der Waals surface area contributed by atoms with Crippen molar-refractivity contribution in [3.63, 3.8) is 0 Å². The maximum Gasteiger partial charge on any atom is 0.311 e. The van der Waals surface area contributed by atoms with Gasteiger partial charge in [-0.15, -0.1) is 24.9 Å². The fourth-order valence-corrected chi connectivity index (χ4v) is 8.80. The van der Waals surface area contributed by atoms with E-state index in [2.05, 4.69) is 20.1 Å². The molecule has 8 heteroatoms. The molecule has 36 heavy (non-hydrogen) atoms. The van der Waals surface area contributed by atoms with Crippen LogP contribution in [0.25, 0.3) is 0 Å². The van der Waals surface area contributed by atoms with Crippen LogP contribution in [0.1, 0.15) is 72.1 Å². The lowest BCUT2D eigenvalue weighted by Crippen LogP contribution is -2.57. The number of carbonyl (C=O) groups excluding carboxylic acids is 3. The van der Waals surface area contributed by atoms with Gasteiger partial charge in [-0.1, -0.05) is 38.8 Å². The van der Waals surface area contributed by atoms with Crippen molar-refractivity contribution in [2.24, 2.45) is 11.8 Å². The van der Waals surface area contributed by atoms with Crippen LogP contribution in [0.5, 0.6) is 0 Å². The molecule has 3 aliphatic heterocycles. The van der Waals surface area contributed by atoms with E-state index in [0.717, 1.165) is 32.1 Å². The summed E-state index contributed by atoms with van der Waals surface area (Å²) in [6.45, 7) is 14.7. The van der Waals surface area contributed by atoms with Crippen molar-refractivity contribution in [2.75, 3.05) is 26.3 Å². The zero-order chi connectivity index (χ0) is 26.5. The molecule has 0 aromatic rings. The van der Waals surface area contributed by atoms with Crippen LogP contribution in [0.3, 0.4) is 0 Å². The summed E-state index contributed by atoms with van der Waals surface area (Å²) in [5.74, 6) is -1.85. The smallest absolute Gasteiger partial charge is 0.311 e. The van der Waals surface area contributed by atoms with Crippen LogP contribution in [0.4, 0.5) is 0 Å². The predicted octanol–water partition coefficient (Wildman–Crippen LogP) is 3.95. The van der Waals surface area contributed by atoms with Gasteiger partial charge in [-0.3, -0.25) is 14.4 Å². The minimum Gasteiger partial charge on any atom is -0.465 e. The Labute approximate surface area is 220 Å². The van der Waals surface area contributed by atoms with Gasteiger partial charge in [0.1, 0.15) is 6.04 Å². The van der Waals surface area contributed by atoms with Crippen molar-refractivity contribution in [1.29, 1.82) is 0 Å². The average Bonchev–Trinajstić information content (AvgIpc) is 3.43. The van der Waals surface area contributed by atoms with Gasteiger partial charge in [0.25, 0.3) is 0 Å². The van der Waals surface area contributed by atoms with Crippen LogP contribution in [0, 0.1) is 11.8 Å². The Morgan fingerprint density at radius 1 is 1.25 bits per heavy atom. The Kier molecular flexibility index (Phi) is 9.72. The quantitative estimate of drug-likeness (QED) is 0.200. The molecule has 1 spiro atoms. The molecule has 0 aromatic carbocycles. The topological polar surface area (TPSA) is 87.1 Å². The molecule has 0 saturated carbocycles. The molecule has 3 fully saturated rings. The molecule has 2 amide bonds. The third-order valence-corrected chi connectivity index (χ3v) is 10.3. The second-order valence-electron chi connectivity index (χ2n) is 10.6. The fraction of sp³-hybridized carbons (Fsp3) is 0.750. The summed E-state index contributed by atoms with van der Waals surface area (Å²) in [5, 5.41) is 10.2. The van der Waals surface area contributed by atoms with Gasteiger partial charge >= 0.3 is 5.97 Å². The maximum atomic E-state index is 14.2. The number of likely N-dealkylation sites (tertiary alicyclic amines) is 1. The Balaban J connectivity index is 1.99. The van der Waals surface area contributed by atoms with E-state index < -0.39 is 33.4 Å². The molecule has 3 heterocycles. The van der Waals surface area contributed by atoms with E-state index in [1.807, 2.05) is 18.7 Å². The van der Waals surface area contributed by atoms with E-state index in [1.54, 1.807) is 28.8 Å². The lowest BCUT2D eigenvalue weighted by Gasteiger charge is -2.39. The van der Waals surface area contributed by atoms with Gasteiger partial charge in [0, 0.05) is 17.8 Å². The van der Waals surface area contributed by atoms with Crippen molar-refractivity contribution in [3.8, 4) is 0 Å². The van der Waals surface area contributed by atoms with Crippen molar-refractivity contribution < 1.29 is 24.2 Å². The summed E-state index contributed by atoms with van der Waals surface area (Å²) in [5.41, 5.74) is 0. The zero-order valence-electron chi connectivity index (χ0n) is 22.2. The van der Waals surface area contributed by atoms with Crippen LogP contribution in [-0.2, 0) is 19.1 Å². The lowest BCUT2D eigenvalue weighted by molar-refractivity contribution is -0.156. The van der Waals surface area contributed by atoms with Gasteiger partial charge in [-0.05, 0) is 45.4 Å². The normalized spacial score (nSPS) is 31.3. The molecule has 2 unspecified atom stereocenters. The first-order chi connectivity index (χ1) is 17.3. The highest BCUT2D eigenvalue weighted by molar-refractivity contribution is 8.02. The Morgan fingerprint density at radius 3 is 2.61 bits per heavy atom. The first-order valence-corrected chi connectivity index (χ1v) is 14.4. The summed E-state index contributed by atoms with van der Waals surface area (Å²) in [6, 6.07) is -1.18. The van der Waals surface area contributed by atoms with E-state index in [1.165, 1.54) is 0 Å². The number of unbranched alkanes of at least 4 members (excludes halogenated alkanes) is 3. The number of hydrogen-bond donors (Lipinski definition) is 1. The number of allylic oxidation sites excluding steroid dienone is 1. The minimum absolute atomic E-state index is 0.0921. The molecule has 3 rings (SSSR count). The SMILES string of the molecule is C=CCCCOC(=O)[C@H]1[C@H]2C(=O)N([C@@H](CC)CO)C(C(=O)N(CC=C)CCCCC)C23CC[C@]1(C)S3. The Hall–Kier alpha value is -1.80. The highest BCUT2D eigenvalue weighted by Gasteiger charge is 2.78. The summed E-state index contributed by atoms with van der Waals surface area (Å²) in [4.78, 5) is 45.2. The van der Waals surface area contributed by atoms with Crippen LogP contribution in [0.2, 0.25) is 0 Å². The molecule has 202 valence electrons. The average molecular weight is 521 g/mol.